The zero-order valence-electron chi connectivity index (χ0n) is 9.58. The maximum Gasteiger partial charge on any atom is 0.422 e. The standard InChI is InChI=1S/C12H11F3N2O/c1-8-2-3-10(18-7-12(13,14)15)4-11(8)9-5-16-17-6-9/h2-6H,7H2,1H3,(H,16,17). The van der Waals surface area contributed by atoms with Crippen molar-refractivity contribution >= 4 is 0 Å². The number of aryl methyl sites for hydroxylation is 1. The van der Waals surface area contributed by atoms with E-state index in [0.717, 1.165) is 16.7 Å². The minimum absolute atomic E-state index is 0.189. The molecule has 96 valence electrons. The molecule has 0 saturated heterocycles. The van der Waals surface area contributed by atoms with E-state index < -0.39 is 12.8 Å². The lowest BCUT2D eigenvalue weighted by Crippen LogP contribution is -2.19. The second kappa shape index (κ2) is 4.72. The molecule has 3 nitrogen and oxygen atoms in total. The Hall–Kier alpha value is -1.98. The second-order valence-corrected chi connectivity index (χ2v) is 3.87. The number of rotatable bonds is 3. The van der Waals surface area contributed by atoms with Crippen LogP contribution in [0.15, 0.2) is 30.6 Å². The number of alkyl halides is 3. The van der Waals surface area contributed by atoms with Gasteiger partial charge in [-0.3, -0.25) is 5.10 Å². The number of ether oxygens (including phenoxy) is 1. The number of hydrogen-bond acceptors (Lipinski definition) is 2. The van der Waals surface area contributed by atoms with Crippen LogP contribution in [-0.4, -0.2) is 23.0 Å². The predicted molar refractivity (Wildman–Crippen MR) is 60.3 cm³/mol. The van der Waals surface area contributed by atoms with Crippen LogP contribution in [0, 0.1) is 6.92 Å². The first-order valence-electron chi connectivity index (χ1n) is 5.25. The fourth-order valence-corrected chi connectivity index (χ4v) is 1.57. The van der Waals surface area contributed by atoms with E-state index in [0.29, 0.717) is 0 Å². The molecule has 2 rings (SSSR count). The molecule has 0 aliphatic rings. The largest absolute Gasteiger partial charge is 0.484 e. The Kier molecular flexibility index (Phi) is 3.27. The van der Waals surface area contributed by atoms with E-state index >= 15 is 0 Å². The van der Waals surface area contributed by atoms with Crippen LogP contribution in [0.4, 0.5) is 13.2 Å². The van der Waals surface area contributed by atoms with Crippen molar-refractivity contribution in [2.45, 2.75) is 13.1 Å². The number of nitrogens with one attached hydrogen (secondary N) is 1. The zero-order chi connectivity index (χ0) is 13.2. The summed E-state index contributed by atoms with van der Waals surface area (Å²) in [7, 11) is 0. The Labute approximate surface area is 102 Å². The number of nitrogens with zero attached hydrogens (tertiary/aromatic N) is 1. The first kappa shape index (κ1) is 12.5. The van der Waals surface area contributed by atoms with Gasteiger partial charge in [0.2, 0.25) is 0 Å². The molecule has 0 spiro atoms. The van der Waals surface area contributed by atoms with Crippen LogP contribution in [-0.2, 0) is 0 Å². The fourth-order valence-electron chi connectivity index (χ4n) is 1.57. The van der Waals surface area contributed by atoms with Gasteiger partial charge in [-0.1, -0.05) is 6.07 Å². The van der Waals surface area contributed by atoms with Gasteiger partial charge in [-0.15, -0.1) is 0 Å². The summed E-state index contributed by atoms with van der Waals surface area (Å²) in [6.07, 6.45) is -1.05. The molecule has 18 heavy (non-hydrogen) atoms. The molecule has 2 aromatic rings. The summed E-state index contributed by atoms with van der Waals surface area (Å²) in [5.41, 5.74) is 2.55. The van der Waals surface area contributed by atoms with Gasteiger partial charge < -0.3 is 4.74 Å². The Morgan fingerprint density at radius 2 is 2.11 bits per heavy atom. The average Bonchev–Trinajstić information content (AvgIpc) is 2.80. The highest BCUT2D eigenvalue weighted by molar-refractivity contribution is 5.67. The fraction of sp³-hybridized carbons (Fsp3) is 0.250. The van der Waals surface area contributed by atoms with Gasteiger partial charge in [-0.25, -0.2) is 0 Å². The van der Waals surface area contributed by atoms with Crippen molar-refractivity contribution in [3.63, 3.8) is 0 Å². The van der Waals surface area contributed by atoms with Crippen molar-refractivity contribution in [3.8, 4) is 16.9 Å². The van der Waals surface area contributed by atoms with Crippen LogP contribution < -0.4 is 4.74 Å². The van der Waals surface area contributed by atoms with Gasteiger partial charge in [0.15, 0.2) is 6.61 Å². The van der Waals surface area contributed by atoms with Crippen molar-refractivity contribution < 1.29 is 17.9 Å². The first-order chi connectivity index (χ1) is 8.46. The van der Waals surface area contributed by atoms with Crippen molar-refractivity contribution in [2.24, 2.45) is 0 Å². The quantitative estimate of drug-likeness (QED) is 0.914. The van der Waals surface area contributed by atoms with Crippen molar-refractivity contribution in [2.75, 3.05) is 6.61 Å². The van der Waals surface area contributed by atoms with Crippen LogP contribution in [0.2, 0.25) is 0 Å². The summed E-state index contributed by atoms with van der Waals surface area (Å²) in [6, 6.07) is 4.81. The number of benzene rings is 1. The summed E-state index contributed by atoms with van der Waals surface area (Å²) in [6.45, 7) is 0.580. The lowest BCUT2D eigenvalue weighted by molar-refractivity contribution is -0.153. The van der Waals surface area contributed by atoms with Crippen molar-refractivity contribution in [1.82, 2.24) is 10.2 Å². The van der Waals surface area contributed by atoms with Crippen molar-refractivity contribution in [1.29, 1.82) is 0 Å². The van der Waals surface area contributed by atoms with Gasteiger partial charge in [-0.2, -0.15) is 18.3 Å². The third-order valence-electron chi connectivity index (χ3n) is 2.42. The highest BCUT2D eigenvalue weighted by atomic mass is 19.4. The molecule has 1 aromatic heterocycles. The predicted octanol–water partition coefficient (Wildman–Crippen LogP) is 3.33. The smallest absolute Gasteiger partial charge is 0.422 e. The minimum atomic E-state index is -4.33. The van der Waals surface area contributed by atoms with E-state index in [4.69, 9.17) is 4.74 Å². The van der Waals surface area contributed by atoms with Gasteiger partial charge in [0.25, 0.3) is 0 Å². The topological polar surface area (TPSA) is 37.9 Å². The maximum absolute atomic E-state index is 12.1. The first-order valence-corrected chi connectivity index (χ1v) is 5.25. The molecule has 0 atom stereocenters. The number of H-pyrrole nitrogens is 1. The van der Waals surface area contributed by atoms with Gasteiger partial charge in [0, 0.05) is 11.8 Å². The van der Waals surface area contributed by atoms with Crippen LogP contribution in [0.3, 0.4) is 0 Å². The lowest BCUT2D eigenvalue weighted by atomic mass is 10.0. The third-order valence-corrected chi connectivity index (χ3v) is 2.42. The molecule has 1 N–H and O–H groups in total. The maximum atomic E-state index is 12.1. The third kappa shape index (κ3) is 3.03. The Morgan fingerprint density at radius 1 is 1.33 bits per heavy atom. The summed E-state index contributed by atoms with van der Waals surface area (Å²) < 4.78 is 40.9. The Balaban J connectivity index is 2.22. The van der Waals surface area contributed by atoms with Gasteiger partial charge >= 0.3 is 6.18 Å². The second-order valence-electron chi connectivity index (χ2n) is 3.87. The monoisotopic (exact) mass is 256 g/mol. The van der Waals surface area contributed by atoms with Crippen LogP contribution in [0.5, 0.6) is 5.75 Å². The molecular formula is C12H11F3N2O. The summed E-state index contributed by atoms with van der Waals surface area (Å²) >= 11 is 0. The summed E-state index contributed by atoms with van der Waals surface area (Å²) in [5, 5.41) is 6.47. The van der Waals surface area contributed by atoms with E-state index in [1.807, 2.05) is 6.92 Å². The average molecular weight is 256 g/mol. The van der Waals surface area contributed by atoms with Gasteiger partial charge in [0.05, 0.1) is 6.20 Å². The molecule has 0 amide bonds. The van der Waals surface area contributed by atoms with E-state index in [-0.39, 0.29) is 5.75 Å². The van der Waals surface area contributed by atoms with Gasteiger partial charge in [0.1, 0.15) is 5.75 Å². The summed E-state index contributed by atoms with van der Waals surface area (Å²) in [4.78, 5) is 0. The minimum Gasteiger partial charge on any atom is -0.484 e. The molecule has 0 bridgehead atoms. The molecule has 0 aliphatic carbocycles. The Bertz CT molecular complexity index is 521. The van der Waals surface area contributed by atoms with E-state index in [2.05, 4.69) is 10.2 Å². The zero-order valence-corrected chi connectivity index (χ0v) is 9.58. The van der Waals surface area contributed by atoms with Crippen LogP contribution in [0.25, 0.3) is 11.1 Å². The molecule has 0 saturated carbocycles. The molecule has 0 radical (unpaired) electrons. The van der Waals surface area contributed by atoms with E-state index in [1.54, 1.807) is 24.5 Å². The normalized spacial score (nSPS) is 11.6. The molecule has 0 aliphatic heterocycles. The molecule has 1 aromatic carbocycles. The number of aromatic nitrogens is 2. The summed E-state index contributed by atoms with van der Waals surface area (Å²) in [5.74, 6) is 0.189. The Morgan fingerprint density at radius 3 is 2.72 bits per heavy atom. The highest BCUT2D eigenvalue weighted by Crippen LogP contribution is 2.27. The lowest BCUT2D eigenvalue weighted by Gasteiger charge is -2.11. The van der Waals surface area contributed by atoms with E-state index in [9.17, 15) is 13.2 Å². The molecular weight excluding hydrogens is 245 g/mol. The molecule has 6 heteroatoms. The highest BCUT2D eigenvalue weighted by Gasteiger charge is 2.28. The van der Waals surface area contributed by atoms with E-state index in [1.165, 1.54) is 6.07 Å². The SMILES string of the molecule is Cc1ccc(OCC(F)(F)F)cc1-c1cn[nH]c1. The molecule has 0 fully saturated rings. The molecule has 0 unspecified atom stereocenters. The van der Waals surface area contributed by atoms with Gasteiger partial charge in [-0.05, 0) is 30.2 Å². The number of aromatic amines is 1. The van der Waals surface area contributed by atoms with Crippen molar-refractivity contribution in [3.05, 3.63) is 36.2 Å². The molecule has 1 heterocycles. The number of halogens is 3. The van der Waals surface area contributed by atoms with Crippen LogP contribution in [0.1, 0.15) is 5.56 Å². The number of hydrogen-bond donors (Lipinski definition) is 1. The van der Waals surface area contributed by atoms with Crippen LogP contribution >= 0.6 is 0 Å².